The minimum Gasteiger partial charge on any atom is -0.264 e. The van der Waals surface area contributed by atoms with Crippen molar-refractivity contribution in [3.8, 4) is 0 Å². The van der Waals surface area contributed by atoms with Gasteiger partial charge in [0.1, 0.15) is 0 Å². The summed E-state index contributed by atoms with van der Waals surface area (Å²) in [7, 11) is 0. The van der Waals surface area contributed by atoms with Gasteiger partial charge in [0, 0.05) is 44.3 Å². The molecule has 0 spiro atoms. The van der Waals surface area contributed by atoms with E-state index in [0.29, 0.717) is 0 Å². The molecule has 100 valence electrons. The molecule has 0 saturated heterocycles. The van der Waals surface area contributed by atoms with Gasteiger partial charge in [-0.1, -0.05) is 0 Å². The van der Waals surface area contributed by atoms with E-state index < -0.39 is 33.0 Å². The van der Waals surface area contributed by atoms with Crippen LogP contribution in [0.25, 0.3) is 20.9 Å². The quantitative estimate of drug-likeness (QED) is 0.248. The Morgan fingerprint density at radius 3 is 1.58 bits per heavy atom. The van der Waals surface area contributed by atoms with Crippen LogP contribution in [0.15, 0.2) is 10.2 Å². The third kappa shape index (κ3) is 1.47. The molecule has 0 amide bonds. The Bertz CT molecular complexity index is 495. The summed E-state index contributed by atoms with van der Waals surface area (Å²) in [5.74, 6) is -1.58. The van der Waals surface area contributed by atoms with Gasteiger partial charge < -0.3 is 0 Å². The van der Waals surface area contributed by atoms with Crippen LogP contribution in [0.4, 0.5) is 0 Å². The molecule has 12 heteroatoms. The van der Waals surface area contributed by atoms with Crippen molar-refractivity contribution in [2.24, 2.45) is 22.1 Å². The summed E-state index contributed by atoms with van der Waals surface area (Å²) in [6, 6.07) is 0. The van der Waals surface area contributed by atoms with Crippen molar-refractivity contribution in [2.45, 2.75) is 30.6 Å². The van der Waals surface area contributed by atoms with Crippen LogP contribution in [0.1, 0.15) is 19.3 Å². The van der Waals surface area contributed by atoms with Crippen LogP contribution in [0.5, 0.6) is 0 Å². The summed E-state index contributed by atoms with van der Waals surface area (Å²) in [6.07, 6.45) is -0.427. The lowest BCUT2D eigenvalue weighted by atomic mass is 9.83. The molecule has 19 heavy (non-hydrogen) atoms. The zero-order valence-corrected chi connectivity index (χ0v) is 9.49. The highest BCUT2D eigenvalue weighted by atomic mass is 16.6. The molecule has 2 saturated carbocycles. The molecular weight excluding hydrogens is 260 g/mol. The fourth-order valence-electron chi connectivity index (χ4n) is 3.19. The normalized spacial score (nSPS) is 39.2. The van der Waals surface area contributed by atoms with E-state index in [1.54, 1.807) is 0 Å². The molecule has 0 unspecified atom stereocenters. The summed E-state index contributed by atoms with van der Waals surface area (Å²) in [5.41, 5.74) is 13.2. The maximum Gasteiger partial charge on any atom is 0.304 e. The van der Waals surface area contributed by atoms with Crippen molar-refractivity contribution in [2.75, 3.05) is 0 Å². The van der Waals surface area contributed by atoms with E-state index in [2.05, 4.69) is 20.1 Å². The maximum atomic E-state index is 11.1. The van der Waals surface area contributed by atoms with Crippen molar-refractivity contribution in [3.63, 3.8) is 0 Å². The number of rotatable bonds is 4. The van der Waals surface area contributed by atoms with E-state index >= 15 is 0 Å². The monoisotopic (exact) mass is 268 g/mol. The van der Waals surface area contributed by atoms with Gasteiger partial charge in [0.25, 0.3) is 0 Å². The van der Waals surface area contributed by atoms with Crippen LogP contribution in [0, 0.1) is 32.1 Å². The Labute approximate surface area is 104 Å². The standard InChI is InChI=1S/C7H8N8O4/c8-12-10-6(14(16)17)2-4-1-5(6)3-7(4,11-13-9)15(18)19/h4-5H,1-3H2/t4-,5-,6-,7+/m1/s1. The van der Waals surface area contributed by atoms with E-state index in [0.717, 1.165) is 0 Å². The summed E-state index contributed by atoms with van der Waals surface area (Å²) < 4.78 is 0. The lowest BCUT2D eigenvalue weighted by Gasteiger charge is -2.30. The average molecular weight is 268 g/mol. The predicted molar refractivity (Wildman–Crippen MR) is 58.6 cm³/mol. The highest BCUT2D eigenvalue weighted by Gasteiger charge is 2.73. The van der Waals surface area contributed by atoms with Crippen molar-refractivity contribution >= 4 is 0 Å². The van der Waals surface area contributed by atoms with Gasteiger partial charge in [-0.15, -0.1) is 0 Å². The minimum absolute atomic E-state index is 0.139. The molecule has 2 aliphatic rings. The second-order valence-electron chi connectivity index (χ2n) is 4.69. The van der Waals surface area contributed by atoms with Crippen molar-refractivity contribution in [1.29, 1.82) is 0 Å². The average Bonchev–Trinajstić information content (AvgIpc) is 2.86. The van der Waals surface area contributed by atoms with Gasteiger partial charge in [-0.2, -0.15) is 0 Å². The molecule has 2 rings (SSSR count). The Hall–Kier alpha value is -2.58. The number of nitro groups is 2. The third-order valence-corrected chi connectivity index (χ3v) is 4.04. The molecule has 12 nitrogen and oxygen atoms in total. The molecule has 0 N–H and O–H groups in total. The molecule has 0 aromatic rings. The van der Waals surface area contributed by atoms with Crippen LogP contribution < -0.4 is 0 Å². The smallest absolute Gasteiger partial charge is 0.264 e. The van der Waals surface area contributed by atoms with Crippen LogP contribution in [-0.4, -0.2) is 21.2 Å². The second kappa shape index (κ2) is 3.97. The first-order valence-corrected chi connectivity index (χ1v) is 5.34. The number of fused-ring (bicyclic) bond motifs is 2. The van der Waals surface area contributed by atoms with Crippen LogP contribution in [0.2, 0.25) is 0 Å². The summed E-state index contributed by atoms with van der Waals surface area (Å²) in [5, 5.41) is 28.7. The second-order valence-corrected chi connectivity index (χ2v) is 4.69. The first kappa shape index (κ1) is 12.9. The van der Waals surface area contributed by atoms with E-state index in [1.807, 2.05) is 0 Å². The van der Waals surface area contributed by atoms with Gasteiger partial charge in [0.15, 0.2) is 0 Å². The van der Waals surface area contributed by atoms with Gasteiger partial charge in [-0.3, -0.25) is 20.2 Å². The molecule has 4 atom stereocenters. The zero-order chi connectivity index (χ0) is 14.3. The fourth-order valence-corrected chi connectivity index (χ4v) is 3.19. The first-order valence-electron chi connectivity index (χ1n) is 5.34. The first-order chi connectivity index (χ1) is 8.93. The summed E-state index contributed by atoms with van der Waals surface area (Å²) in [4.78, 5) is 25.8. The SMILES string of the molecule is [N-]=[N+]=N[C@@]1([N+](=O)[O-])C[C@H]2C[C@@H]1C[C@]2(N=[N+]=[N-])[N+](=O)[O-]. The molecule has 0 aromatic carbocycles. The maximum absolute atomic E-state index is 11.1. The molecule has 0 radical (unpaired) electrons. The Balaban J connectivity index is 2.44. The van der Waals surface area contributed by atoms with Gasteiger partial charge in [0.2, 0.25) is 0 Å². The van der Waals surface area contributed by atoms with Gasteiger partial charge in [0.05, 0.1) is 0 Å². The Morgan fingerprint density at radius 1 is 1.00 bits per heavy atom. The number of azide groups is 2. The predicted octanol–water partition coefficient (Wildman–Crippen LogP) is 1.98. The van der Waals surface area contributed by atoms with E-state index in [-0.39, 0.29) is 19.3 Å². The molecule has 2 bridgehead atoms. The number of hydrogen-bond acceptors (Lipinski definition) is 6. The highest BCUT2D eigenvalue weighted by molar-refractivity contribution is 5.10. The third-order valence-electron chi connectivity index (χ3n) is 4.04. The van der Waals surface area contributed by atoms with Crippen molar-refractivity contribution in [1.82, 2.24) is 0 Å². The Morgan fingerprint density at radius 2 is 1.37 bits per heavy atom. The topological polar surface area (TPSA) is 184 Å². The minimum atomic E-state index is -1.86. The van der Waals surface area contributed by atoms with Crippen LogP contribution >= 0.6 is 0 Å². The number of hydrogen-bond donors (Lipinski definition) is 0. The number of nitrogens with zero attached hydrogens (tertiary/aromatic N) is 8. The molecule has 2 fully saturated rings. The van der Waals surface area contributed by atoms with Crippen molar-refractivity contribution < 1.29 is 9.85 Å². The Kier molecular flexibility index (Phi) is 2.69. The largest absolute Gasteiger partial charge is 0.304 e. The zero-order valence-electron chi connectivity index (χ0n) is 9.49. The van der Waals surface area contributed by atoms with Crippen molar-refractivity contribution in [3.05, 3.63) is 41.1 Å². The van der Waals surface area contributed by atoms with Gasteiger partial charge >= 0.3 is 11.3 Å². The highest BCUT2D eigenvalue weighted by Crippen LogP contribution is 2.59. The lowest BCUT2D eigenvalue weighted by Crippen LogP contribution is -2.51. The van der Waals surface area contributed by atoms with Gasteiger partial charge in [-0.05, 0) is 27.7 Å². The molecule has 2 aliphatic carbocycles. The summed E-state index contributed by atoms with van der Waals surface area (Å²) >= 11 is 0. The van der Waals surface area contributed by atoms with Gasteiger partial charge in [-0.25, -0.2) is 0 Å². The van der Waals surface area contributed by atoms with Crippen LogP contribution in [0.3, 0.4) is 0 Å². The van der Waals surface area contributed by atoms with Crippen LogP contribution in [-0.2, 0) is 0 Å². The fraction of sp³-hybridized carbons (Fsp3) is 1.00. The van der Waals surface area contributed by atoms with E-state index in [4.69, 9.17) is 11.1 Å². The molecular formula is C7H8N8O4. The lowest BCUT2D eigenvalue weighted by molar-refractivity contribution is -0.608. The summed E-state index contributed by atoms with van der Waals surface area (Å²) in [6.45, 7) is 0. The molecule has 0 aromatic heterocycles. The van der Waals surface area contributed by atoms with E-state index in [1.165, 1.54) is 0 Å². The molecule has 0 heterocycles. The van der Waals surface area contributed by atoms with E-state index in [9.17, 15) is 20.2 Å². The molecule has 0 aliphatic heterocycles.